The number of sulfonamides is 1. The van der Waals surface area contributed by atoms with Gasteiger partial charge in [0.2, 0.25) is 10.0 Å². The summed E-state index contributed by atoms with van der Waals surface area (Å²) < 4.78 is 26.9. The highest BCUT2D eigenvalue weighted by Gasteiger charge is 2.35. The standard InChI is InChI=1S/C15H17N3O2S/c19-21(20,12-13-5-2-1-3-6-13)18-10-4-7-15(18)14-11-16-8-9-17-14/h1-3,5-6,8-9,11,15H,4,7,10,12H2. The Labute approximate surface area is 124 Å². The van der Waals surface area contributed by atoms with E-state index in [0.29, 0.717) is 6.54 Å². The van der Waals surface area contributed by atoms with Crippen LogP contribution in [0.3, 0.4) is 0 Å². The third-order valence-corrected chi connectivity index (χ3v) is 5.53. The molecule has 1 saturated heterocycles. The SMILES string of the molecule is O=S(=O)(Cc1ccccc1)N1CCCC1c1cnccn1. The maximum atomic E-state index is 12.7. The maximum Gasteiger partial charge on any atom is 0.218 e. The van der Waals surface area contributed by atoms with Crippen LogP contribution in [0.15, 0.2) is 48.9 Å². The Morgan fingerprint density at radius 2 is 2.00 bits per heavy atom. The van der Waals surface area contributed by atoms with Crippen molar-refractivity contribution in [2.24, 2.45) is 0 Å². The number of nitrogens with zero attached hydrogens (tertiary/aromatic N) is 3. The topological polar surface area (TPSA) is 63.2 Å². The summed E-state index contributed by atoms with van der Waals surface area (Å²) in [5.41, 5.74) is 1.54. The molecule has 0 radical (unpaired) electrons. The molecule has 2 aromatic rings. The average molecular weight is 303 g/mol. The smallest absolute Gasteiger partial charge is 0.218 e. The molecule has 1 aliphatic rings. The molecule has 2 heterocycles. The molecule has 1 aromatic heterocycles. The van der Waals surface area contributed by atoms with Crippen molar-refractivity contribution in [1.82, 2.24) is 14.3 Å². The van der Waals surface area contributed by atoms with Crippen LogP contribution in [0.5, 0.6) is 0 Å². The van der Waals surface area contributed by atoms with E-state index in [1.54, 1.807) is 22.9 Å². The van der Waals surface area contributed by atoms with Gasteiger partial charge in [0.25, 0.3) is 0 Å². The fraction of sp³-hybridized carbons (Fsp3) is 0.333. The fourth-order valence-corrected chi connectivity index (χ4v) is 4.51. The fourth-order valence-electron chi connectivity index (χ4n) is 2.72. The summed E-state index contributed by atoms with van der Waals surface area (Å²) in [4.78, 5) is 8.31. The van der Waals surface area contributed by atoms with Crippen molar-refractivity contribution in [3.63, 3.8) is 0 Å². The van der Waals surface area contributed by atoms with Gasteiger partial charge in [-0.2, -0.15) is 4.31 Å². The van der Waals surface area contributed by atoms with Crippen LogP contribution in [0, 0.1) is 0 Å². The minimum Gasteiger partial charge on any atom is -0.261 e. The van der Waals surface area contributed by atoms with Gasteiger partial charge in [-0.1, -0.05) is 30.3 Å². The predicted octanol–water partition coefficient (Wildman–Crippen LogP) is 2.14. The van der Waals surface area contributed by atoms with E-state index in [9.17, 15) is 8.42 Å². The van der Waals surface area contributed by atoms with Gasteiger partial charge in [-0.3, -0.25) is 9.97 Å². The van der Waals surface area contributed by atoms with Crippen molar-refractivity contribution < 1.29 is 8.42 Å². The molecule has 21 heavy (non-hydrogen) atoms. The number of aromatic nitrogens is 2. The van der Waals surface area contributed by atoms with Crippen molar-refractivity contribution in [3.8, 4) is 0 Å². The summed E-state index contributed by atoms with van der Waals surface area (Å²) in [6.07, 6.45) is 6.51. The molecule has 1 fully saturated rings. The lowest BCUT2D eigenvalue weighted by atomic mass is 10.2. The molecule has 0 aliphatic carbocycles. The van der Waals surface area contributed by atoms with E-state index in [0.717, 1.165) is 24.1 Å². The Balaban J connectivity index is 1.84. The Morgan fingerprint density at radius 1 is 1.19 bits per heavy atom. The molecule has 1 atom stereocenters. The van der Waals surface area contributed by atoms with Gasteiger partial charge >= 0.3 is 0 Å². The summed E-state index contributed by atoms with van der Waals surface area (Å²) in [5, 5.41) is 0. The summed E-state index contributed by atoms with van der Waals surface area (Å²) in [6, 6.07) is 9.08. The average Bonchev–Trinajstić information content (AvgIpc) is 2.99. The van der Waals surface area contributed by atoms with Crippen molar-refractivity contribution in [2.75, 3.05) is 6.54 Å². The molecule has 1 unspecified atom stereocenters. The lowest BCUT2D eigenvalue weighted by Crippen LogP contribution is -2.32. The zero-order valence-corrected chi connectivity index (χ0v) is 12.4. The van der Waals surface area contributed by atoms with Crippen LogP contribution in [0.1, 0.15) is 30.1 Å². The summed E-state index contributed by atoms with van der Waals surface area (Å²) in [7, 11) is -3.34. The van der Waals surface area contributed by atoms with Crippen LogP contribution in [0.2, 0.25) is 0 Å². The van der Waals surface area contributed by atoms with Gasteiger partial charge in [-0.15, -0.1) is 0 Å². The molecule has 3 rings (SSSR count). The second-order valence-corrected chi connectivity index (χ2v) is 7.06. The largest absolute Gasteiger partial charge is 0.261 e. The zero-order valence-electron chi connectivity index (χ0n) is 11.6. The Morgan fingerprint density at radius 3 is 2.71 bits per heavy atom. The lowest BCUT2D eigenvalue weighted by molar-refractivity contribution is 0.389. The van der Waals surface area contributed by atoms with Crippen molar-refractivity contribution in [2.45, 2.75) is 24.6 Å². The minimum absolute atomic E-state index is 0.0323. The van der Waals surface area contributed by atoms with Crippen molar-refractivity contribution in [1.29, 1.82) is 0 Å². The zero-order chi connectivity index (χ0) is 14.7. The highest BCUT2D eigenvalue weighted by Crippen LogP contribution is 2.33. The lowest BCUT2D eigenvalue weighted by Gasteiger charge is -2.23. The molecule has 5 nitrogen and oxygen atoms in total. The van der Waals surface area contributed by atoms with E-state index in [1.807, 2.05) is 30.3 Å². The quantitative estimate of drug-likeness (QED) is 0.868. The second-order valence-electron chi connectivity index (χ2n) is 5.14. The third kappa shape index (κ3) is 3.11. The molecule has 0 bridgehead atoms. The van der Waals surface area contributed by atoms with Crippen LogP contribution in [0.25, 0.3) is 0 Å². The summed E-state index contributed by atoms with van der Waals surface area (Å²) >= 11 is 0. The van der Waals surface area contributed by atoms with Gasteiger partial charge in [0.15, 0.2) is 0 Å². The van der Waals surface area contributed by atoms with E-state index in [2.05, 4.69) is 9.97 Å². The Hall–Kier alpha value is -1.79. The molecule has 0 spiro atoms. The number of benzene rings is 1. The normalized spacial score (nSPS) is 19.7. The highest BCUT2D eigenvalue weighted by molar-refractivity contribution is 7.88. The first kappa shape index (κ1) is 14.2. The van der Waals surface area contributed by atoms with Crippen LogP contribution >= 0.6 is 0 Å². The van der Waals surface area contributed by atoms with Crippen LogP contribution in [-0.4, -0.2) is 29.2 Å². The predicted molar refractivity (Wildman–Crippen MR) is 79.8 cm³/mol. The Kier molecular flexibility index (Phi) is 3.98. The van der Waals surface area contributed by atoms with E-state index in [4.69, 9.17) is 0 Å². The van der Waals surface area contributed by atoms with E-state index < -0.39 is 10.0 Å². The first-order chi connectivity index (χ1) is 10.2. The first-order valence-corrected chi connectivity index (χ1v) is 8.57. The van der Waals surface area contributed by atoms with Gasteiger partial charge in [0.05, 0.1) is 23.7 Å². The third-order valence-electron chi connectivity index (χ3n) is 3.68. The Bertz CT molecular complexity index is 689. The number of rotatable bonds is 4. The van der Waals surface area contributed by atoms with Gasteiger partial charge < -0.3 is 0 Å². The molecular weight excluding hydrogens is 286 g/mol. The molecule has 0 N–H and O–H groups in total. The molecule has 0 amide bonds. The van der Waals surface area contributed by atoms with E-state index >= 15 is 0 Å². The molecule has 1 aromatic carbocycles. The number of hydrogen-bond donors (Lipinski definition) is 0. The number of hydrogen-bond acceptors (Lipinski definition) is 4. The minimum atomic E-state index is -3.34. The van der Waals surface area contributed by atoms with Crippen LogP contribution in [0.4, 0.5) is 0 Å². The first-order valence-electron chi connectivity index (χ1n) is 6.96. The van der Waals surface area contributed by atoms with Gasteiger partial charge in [0.1, 0.15) is 0 Å². The summed E-state index contributed by atoms with van der Waals surface area (Å²) in [6.45, 7) is 0.552. The molecular formula is C15H17N3O2S. The molecule has 110 valence electrons. The summed E-state index contributed by atoms with van der Waals surface area (Å²) in [5.74, 6) is 0.0323. The van der Waals surface area contributed by atoms with Crippen LogP contribution < -0.4 is 0 Å². The maximum absolute atomic E-state index is 12.7. The molecule has 6 heteroatoms. The van der Waals surface area contributed by atoms with Crippen LogP contribution in [-0.2, 0) is 15.8 Å². The molecule has 1 aliphatic heterocycles. The molecule has 0 saturated carbocycles. The van der Waals surface area contributed by atoms with Crippen molar-refractivity contribution in [3.05, 3.63) is 60.2 Å². The monoisotopic (exact) mass is 303 g/mol. The van der Waals surface area contributed by atoms with Gasteiger partial charge in [0, 0.05) is 18.9 Å². The van der Waals surface area contributed by atoms with Crippen molar-refractivity contribution >= 4 is 10.0 Å². The second kappa shape index (κ2) is 5.91. The van der Waals surface area contributed by atoms with Gasteiger partial charge in [-0.05, 0) is 18.4 Å². The van der Waals surface area contributed by atoms with Gasteiger partial charge in [-0.25, -0.2) is 8.42 Å². The highest BCUT2D eigenvalue weighted by atomic mass is 32.2. The van der Waals surface area contributed by atoms with E-state index in [1.165, 1.54) is 0 Å². The van der Waals surface area contributed by atoms with E-state index in [-0.39, 0.29) is 11.8 Å².